The number of rotatable bonds is 3. The van der Waals surface area contributed by atoms with Gasteiger partial charge in [0.25, 0.3) is 0 Å². The van der Waals surface area contributed by atoms with Gasteiger partial charge in [-0.25, -0.2) is 0 Å². The van der Waals surface area contributed by atoms with Crippen molar-refractivity contribution in [1.82, 2.24) is 4.90 Å². The van der Waals surface area contributed by atoms with Gasteiger partial charge in [0, 0.05) is 24.8 Å². The van der Waals surface area contributed by atoms with Gasteiger partial charge < -0.3 is 4.90 Å². The maximum atomic E-state index is 12.2. The molecule has 0 radical (unpaired) electrons. The Labute approximate surface area is 121 Å². The van der Waals surface area contributed by atoms with Crippen molar-refractivity contribution in [1.29, 1.82) is 0 Å². The fraction of sp³-hybridized carbons (Fsp3) is 0.933. The topological polar surface area (TPSA) is 20.3 Å². The van der Waals surface area contributed by atoms with Crippen LogP contribution < -0.4 is 0 Å². The normalized spacial score (nSPS) is 23.1. The van der Waals surface area contributed by atoms with Crippen LogP contribution in [-0.2, 0) is 4.79 Å². The van der Waals surface area contributed by atoms with Crippen LogP contribution in [0.2, 0.25) is 0 Å². The van der Waals surface area contributed by atoms with Crippen LogP contribution in [0, 0.1) is 16.7 Å². The number of alkyl halides is 1. The van der Waals surface area contributed by atoms with Crippen molar-refractivity contribution in [3.05, 3.63) is 0 Å². The SMILES string of the molecule is CC(C)(CBr)CN1CCC(C(C)(C)C)CCC1=O. The summed E-state index contributed by atoms with van der Waals surface area (Å²) in [5.41, 5.74) is 0.485. The second-order valence-corrected chi connectivity index (χ2v) is 8.06. The number of carbonyl (C=O) groups excluding carboxylic acids is 1. The minimum atomic E-state index is 0.164. The minimum absolute atomic E-state index is 0.164. The predicted molar refractivity (Wildman–Crippen MR) is 81.0 cm³/mol. The molecule has 1 aliphatic heterocycles. The molecule has 1 rings (SSSR count). The largest absolute Gasteiger partial charge is 0.342 e. The lowest BCUT2D eigenvalue weighted by atomic mass is 9.77. The highest BCUT2D eigenvalue weighted by atomic mass is 79.9. The zero-order chi connectivity index (χ0) is 14.0. The Hall–Kier alpha value is -0.0500. The van der Waals surface area contributed by atoms with E-state index in [1.54, 1.807) is 0 Å². The molecule has 3 heteroatoms. The summed E-state index contributed by atoms with van der Waals surface area (Å²) in [5, 5.41) is 0.937. The fourth-order valence-corrected chi connectivity index (χ4v) is 2.81. The lowest BCUT2D eigenvalue weighted by Gasteiger charge is -2.32. The van der Waals surface area contributed by atoms with E-state index >= 15 is 0 Å². The van der Waals surface area contributed by atoms with Crippen molar-refractivity contribution >= 4 is 21.8 Å². The van der Waals surface area contributed by atoms with E-state index in [-0.39, 0.29) is 5.41 Å². The van der Waals surface area contributed by atoms with Crippen molar-refractivity contribution in [3.63, 3.8) is 0 Å². The highest BCUT2D eigenvalue weighted by Gasteiger charge is 2.31. The maximum Gasteiger partial charge on any atom is 0.222 e. The average Bonchev–Trinajstić information content (AvgIpc) is 2.41. The van der Waals surface area contributed by atoms with Crippen LogP contribution >= 0.6 is 15.9 Å². The van der Waals surface area contributed by atoms with Gasteiger partial charge in [-0.05, 0) is 29.6 Å². The van der Waals surface area contributed by atoms with Gasteiger partial charge in [-0.1, -0.05) is 50.5 Å². The van der Waals surface area contributed by atoms with Gasteiger partial charge in [0.05, 0.1) is 0 Å². The zero-order valence-corrected chi connectivity index (χ0v) is 14.1. The number of likely N-dealkylation sites (tertiary alicyclic amines) is 1. The van der Waals surface area contributed by atoms with Gasteiger partial charge in [-0.2, -0.15) is 0 Å². The van der Waals surface area contributed by atoms with Gasteiger partial charge >= 0.3 is 0 Å². The van der Waals surface area contributed by atoms with E-state index in [0.717, 1.165) is 37.7 Å². The van der Waals surface area contributed by atoms with Crippen molar-refractivity contribution < 1.29 is 4.79 Å². The molecule has 0 spiro atoms. The third-order valence-electron chi connectivity index (χ3n) is 4.01. The summed E-state index contributed by atoms with van der Waals surface area (Å²) < 4.78 is 0. The van der Waals surface area contributed by atoms with E-state index in [2.05, 4.69) is 55.4 Å². The molecule has 0 aromatic rings. The van der Waals surface area contributed by atoms with Crippen LogP contribution in [0.15, 0.2) is 0 Å². The first kappa shape index (κ1) is 16.0. The molecule has 1 heterocycles. The Balaban J connectivity index is 2.65. The first-order chi connectivity index (χ1) is 8.15. The van der Waals surface area contributed by atoms with Gasteiger partial charge in [0.1, 0.15) is 0 Å². The smallest absolute Gasteiger partial charge is 0.222 e. The Morgan fingerprint density at radius 2 is 1.83 bits per heavy atom. The van der Waals surface area contributed by atoms with Gasteiger partial charge in [0.2, 0.25) is 5.91 Å². The summed E-state index contributed by atoms with van der Waals surface area (Å²) in [5.74, 6) is 1.01. The monoisotopic (exact) mass is 317 g/mol. The summed E-state index contributed by atoms with van der Waals surface area (Å²) in [6.45, 7) is 13.1. The van der Waals surface area contributed by atoms with Crippen molar-refractivity contribution in [3.8, 4) is 0 Å². The van der Waals surface area contributed by atoms with E-state index in [4.69, 9.17) is 0 Å². The summed E-state index contributed by atoms with van der Waals surface area (Å²) in [7, 11) is 0. The number of nitrogens with zero attached hydrogens (tertiary/aromatic N) is 1. The zero-order valence-electron chi connectivity index (χ0n) is 12.6. The molecule has 1 unspecified atom stereocenters. The number of hydrogen-bond donors (Lipinski definition) is 0. The third-order valence-corrected chi connectivity index (χ3v) is 5.53. The second kappa shape index (κ2) is 5.94. The molecular formula is C15H28BrNO. The Morgan fingerprint density at radius 3 is 2.33 bits per heavy atom. The third kappa shape index (κ3) is 4.56. The van der Waals surface area contributed by atoms with E-state index in [0.29, 0.717) is 17.2 Å². The summed E-state index contributed by atoms with van der Waals surface area (Å²) in [6, 6.07) is 0. The molecule has 1 saturated heterocycles. The first-order valence-electron chi connectivity index (χ1n) is 6.99. The van der Waals surface area contributed by atoms with Crippen LogP contribution in [-0.4, -0.2) is 29.2 Å². The van der Waals surface area contributed by atoms with Gasteiger partial charge in [-0.3, -0.25) is 4.79 Å². The molecule has 0 aliphatic carbocycles. The summed E-state index contributed by atoms with van der Waals surface area (Å²) in [4.78, 5) is 14.3. The molecule has 0 bridgehead atoms. The molecule has 0 aromatic heterocycles. The molecule has 106 valence electrons. The van der Waals surface area contributed by atoms with Crippen molar-refractivity contribution in [2.45, 2.75) is 53.9 Å². The number of carbonyl (C=O) groups is 1. The van der Waals surface area contributed by atoms with Crippen molar-refractivity contribution in [2.24, 2.45) is 16.7 Å². The van der Waals surface area contributed by atoms with Crippen LogP contribution in [0.25, 0.3) is 0 Å². The lowest BCUT2D eigenvalue weighted by Crippen LogP contribution is -2.39. The van der Waals surface area contributed by atoms with E-state index in [9.17, 15) is 4.79 Å². The van der Waals surface area contributed by atoms with E-state index < -0.39 is 0 Å². The van der Waals surface area contributed by atoms with Crippen LogP contribution in [0.1, 0.15) is 53.9 Å². The molecule has 0 aromatic carbocycles. The summed E-state index contributed by atoms with van der Waals surface area (Å²) >= 11 is 3.54. The molecule has 18 heavy (non-hydrogen) atoms. The van der Waals surface area contributed by atoms with Gasteiger partial charge in [-0.15, -0.1) is 0 Å². The molecular weight excluding hydrogens is 290 g/mol. The molecule has 1 atom stereocenters. The molecule has 2 nitrogen and oxygen atoms in total. The van der Waals surface area contributed by atoms with Crippen LogP contribution in [0.5, 0.6) is 0 Å². The summed E-state index contributed by atoms with van der Waals surface area (Å²) in [6.07, 6.45) is 2.92. The van der Waals surface area contributed by atoms with Crippen LogP contribution in [0.3, 0.4) is 0 Å². The first-order valence-corrected chi connectivity index (χ1v) is 8.11. The Kier molecular flexibility index (Phi) is 5.28. The highest BCUT2D eigenvalue weighted by molar-refractivity contribution is 9.09. The maximum absolute atomic E-state index is 12.2. The number of hydrogen-bond acceptors (Lipinski definition) is 1. The van der Waals surface area contributed by atoms with E-state index in [1.165, 1.54) is 0 Å². The molecule has 1 fully saturated rings. The Bertz CT molecular complexity index is 293. The standard InChI is InChI=1S/C15H28BrNO/c1-14(2,3)12-6-7-13(18)17(9-8-12)11-15(4,5)10-16/h12H,6-11H2,1-5H3. The highest BCUT2D eigenvalue weighted by Crippen LogP contribution is 2.35. The van der Waals surface area contributed by atoms with E-state index in [1.807, 2.05) is 0 Å². The second-order valence-electron chi connectivity index (χ2n) is 7.50. The molecule has 0 N–H and O–H groups in total. The molecule has 1 aliphatic rings. The van der Waals surface area contributed by atoms with Crippen LogP contribution in [0.4, 0.5) is 0 Å². The molecule has 1 amide bonds. The molecule has 0 saturated carbocycles. The van der Waals surface area contributed by atoms with Gasteiger partial charge in [0.15, 0.2) is 0 Å². The minimum Gasteiger partial charge on any atom is -0.342 e. The quantitative estimate of drug-likeness (QED) is 0.718. The Morgan fingerprint density at radius 1 is 1.22 bits per heavy atom. The lowest BCUT2D eigenvalue weighted by molar-refractivity contribution is -0.131. The van der Waals surface area contributed by atoms with Crippen molar-refractivity contribution in [2.75, 3.05) is 18.4 Å². The fourth-order valence-electron chi connectivity index (χ4n) is 2.63. The number of halogens is 1. The number of amides is 1. The average molecular weight is 318 g/mol. The predicted octanol–water partition coefficient (Wildman–Crippen LogP) is 4.08.